The van der Waals surface area contributed by atoms with Crippen LogP contribution < -0.4 is 10.6 Å². The number of nitrogens with one attached hydrogen (secondary N) is 2. The molecule has 0 fully saturated rings. The number of anilines is 1. The van der Waals surface area contributed by atoms with Gasteiger partial charge in [-0.2, -0.15) is 0 Å². The second-order valence-corrected chi connectivity index (χ2v) is 8.68. The molecule has 0 aliphatic heterocycles. The van der Waals surface area contributed by atoms with E-state index in [1.807, 2.05) is 36.4 Å². The zero-order valence-corrected chi connectivity index (χ0v) is 20.8. The standard InChI is InChI=1S/C27H25ClFN5O3/c1-34(26(35)32-16-20-9-6-11-23(29)25(20)28)22(14-21-10-4-5-12-30-21)17-37-27(36)33-24-13-18-7-2-3-8-19(18)15-31-24/h2-13,15,22H,14,16-17H2,1H3,(H,32,35)(H,31,33,36). The van der Waals surface area contributed by atoms with Gasteiger partial charge in [0.1, 0.15) is 18.2 Å². The van der Waals surface area contributed by atoms with E-state index in [0.717, 1.165) is 16.5 Å². The van der Waals surface area contributed by atoms with Gasteiger partial charge in [-0.15, -0.1) is 0 Å². The Morgan fingerprint density at radius 3 is 2.62 bits per heavy atom. The number of nitrogens with zero attached hydrogens (tertiary/aromatic N) is 3. The molecule has 0 aliphatic carbocycles. The van der Waals surface area contributed by atoms with Gasteiger partial charge in [0.25, 0.3) is 0 Å². The molecule has 8 nitrogen and oxygen atoms in total. The number of aromatic nitrogens is 2. The fourth-order valence-electron chi connectivity index (χ4n) is 3.68. The third-order valence-electron chi connectivity index (χ3n) is 5.77. The van der Waals surface area contributed by atoms with Gasteiger partial charge >= 0.3 is 12.1 Å². The number of benzene rings is 2. The highest BCUT2D eigenvalue weighted by Crippen LogP contribution is 2.20. The molecule has 0 bridgehead atoms. The van der Waals surface area contributed by atoms with Crippen LogP contribution in [0.5, 0.6) is 0 Å². The topological polar surface area (TPSA) is 96.5 Å². The van der Waals surface area contributed by atoms with Crippen LogP contribution in [0.25, 0.3) is 10.8 Å². The summed E-state index contributed by atoms with van der Waals surface area (Å²) < 4.78 is 19.2. The Bertz CT molecular complexity index is 1390. The van der Waals surface area contributed by atoms with E-state index in [0.29, 0.717) is 17.8 Å². The van der Waals surface area contributed by atoms with Gasteiger partial charge in [0.05, 0.1) is 11.1 Å². The van der Waals surface area contributed by atoms with Crippen molar-refractivity contribution < 1.29 is 18.7 Å². The number of ether oxygens (including phenoxy) is 1. The first-order valence-electron chi connectivity index (χ1n) is 11.5. The van der Waals surface area contributed by atoms with Crippen LogP contribution in [0.1, 0.15) is 11.3 Å². The molecule has 2 aromatic heterocycles. The molecule has 3 amide bonds. The van der Waals surface area contributed by atoms with Crippen molar-refractivity contribution in [3.63, 3.8) is 0 Å². The highest BCUT2D eigenvalue weighted by molar-refractivity contribution is 6.31. The molecule has 190 valence electrons. The van der Waals surface area contributed by atoms with E-state index in [1.165, 1.54) is 17.0 Å². The summed E-state index contributed by atoms with van der Waals surface area (Å²) >= 11 is 5.99. The lowest BCUT2D eigenvalue weighted by Crippen LogP contribution is -2.47. The Hall–Kier alpha value is -4.24. The number of carbonyl (C=O) groups is 2. The summed E-state index contributed by atoms with van der Waals surface area (Å²) in [7, 11) is 1.59. The number of rotatable bonds is 8. The zero-order valence-electron chi connectivity index (χ0n) is 20.0. The van der Waals surface area contributed by atoms with Crippen molar-refractivity contribution in [3.8, 4) is 0 Å². The molecule has 37 heavy (non-hydrogen) atoms. The van der Waals surface area contributed by atoms with Crippen molar-refractivity contribution >= 4 is 40.3 Å². The van der Waals surface area contributed by atoms with Gasteiger partial charge in [-0.05, 0) is 35.2 Å². The monoisotopic (exact) mass is 521 g/mol. The number of likely N-dealkylation sites (N-methyl/N-ethyl adjacent to an activating group) is 1. The first kappa shape index (κ1) is 25.8. The van der Waals surface area contributed by atoms with Crippen molar-refractivity contribution in [1.82, 2.24) is 20.2 Å². The molecule has 0 aliphatic rings. The normalized spacial score (nSPS) is 11.5. The Morgan fingerprint density at radius 2 is 1.84 bits per heavy atom. The van der Waals surface area contributed by atoms with E-state index >= 15 is 0 Å². The maximum Gasteiger partial charge on any atom is 0.412 e. The Labute approximate surface area is 218 Å². The van der Waals surface area contributed by atoms with E-state index in [1.54, 1.807) is 37.6 Å². The maximum atomic E-state index is 13.7. The average molecular weight is 522 g/mol. The van der Waals surface area contributed by atoms with Gasteiger partial charge in [0.15, 0.2) is 0 Å². The predicted molar refractivity (Wildman–Crippen MR) is 140 cm³/mol. The molecule has 0 spiro atoms. The summed E-state index contributed by atoms with van der Waals surface area (Å²) in [6.45, 7) is -0.0638. The smallest absolute Gasteiger partial charge is 0.412 e. The van der Waals surface area contributed by atoms with Crippen LogP contribution in [-0.2, 0) is 17.7 Å². The van der Waals surface area contributed by atoms with Gasteiger partial charge in [-0.25, -0.2) is 19.0 Å². The van der Waals surface area contributed by atoms with Gasteiger partial charge in [-0.1, -0.05) is 54.1 Å². The van der Waals surface area contributed by atoms with Crippen molar-refractivity contribution in [2.75, 3.05) is 19.0 Å². The first-order valence-corrected chi connectivity index (χ1v) is 11.9. The van der Waals surface area contributed by atoms with Crippen molar-refractivity contribution in [2.45, 2.75) is 19.0 Å². The Balaban J connectivity index is 1.40. The second-order valence-electron chi connectivity index (χ2n) is 8.30. The van der Waals surface area contributed by atoms with Crippen LogP contribution in [0, 0.1) is 5.82 Å². The highest BCUT2D eigenvalue weighted by atomic mass is 35.5. The van der Waals surface area contributed by atoms with Crippen LogP contribution in [0.2, 0.25) is 5.02 Å². The summed E-state index contributed by atoms with van der Waals surface area (Å²) in [5.74, 6) is -0.210. The molecule has 2 N–H and O–H groups in total. The fourth-order valence-corrected chi connectivity index (χ4v) is 3.87. The van der Waals surface area contributed by atoms with Gasteiger partial charge in [0, 0.05) is 43.5 Å². The lowest BCUT2D eigenvalue weighted by atomic mass is 10.1. The number of halogens is 2. The van der Waals surface area contributed by atoms with Crippen LogP contribution in [0.4, 0.5) is 19.8 Å². The third-order valence-corrected chi connectivity index (χ3v) is 6.19. The lowest BCUT2D eigenvalue weighted by molar-refractivity contribution is 0.116. The second kappa shape index (κ2) is 12.1. The minimum atomic E-state index is -0.700. The molecule has 4 rings (SSSR count). The number of pyridine rings is 2. The molecule has 0 saturated carbocycles. The van der Waals surface area contributed by atoms with Crippen LogP contribution in [-0.4, -0.2) is 46.7 Å². The molecule has 2 aromatic carbocycles. The van der Waals surface area contributed by atoms with E-state index in [2.05, 4.69) is 20.6 Å². The number of hydrogen-bond acceptors (Lipinski definition) is 5. The number of amides is 3. The van der Waals surface area contributed by atoms with E-state index in [-0.39, 0.29) is 18.2 Å². The lowest BCUT2D eigenvalue weighted by Gasteiger charge is -2.28. The SMILES string of the molecule is CN(C(=O)NCc1cccc(F)c1Cl)C(COC(=O)Nc1cc2ccccc2cn1)Cc1ccccn1. The summed E-state index contributed by atoms with van der Waals surface area (Å²) in [6, 6.07) is 18.3. The molecule has 4 aromatic rings. The number of urea groups is 1. The van der Waals surface area contributed by atoms with Crippen molar-refractivity contribution in [3.05, 3.63) is 101 Å². The number of hydrogen-bond donors (Lipinski definition) is 2. The number of carbonyl (C=O) groups excluding carboxylic acids is 2. The van der Waals surface area contributed by atoms with Crippen LogP contribution in [0.15, 0.2) is 79.1 Å². The number of fused-ring (bicyclic) bond motifs is 1. The summed E-state index contributed by atoms with van der Waals surface area (Å²) in [4.78, 5) is 35.4. The highest BCUT2D eigenvalue weighted by Gasteiger charge is 2.23. The molecule has 1 atom stereocenters. The predicted octanol–water partition coefficient (Wildman–Crippen LogP) is 5.42. The molecule has 0 radical (unpaired) electrons. The minimum absolute atomic E-state index is 0.0328. The largest absolute Gasteiger partial charge is 0.447 e. The average Bonchev–Trinajstić information content (AvgIpc) is 2.91. The summed E-state index contributed by atoms with van der Waals surface area (Å²) in [5.41, 5.74) is 1.17. The summed E-state index contributed by atoms with van der Waals surface area (Å²) in [6.07, 6.45) is 2.96. The molecular formula is C27H25ClFN5O3. The molecule has 10 heteroatoms. The summed E-state index contributed by atoms with van der Waals surface area (Å²) in [5, 5.41) is 7.18. The van der Waals surface area contributed by atoms with E-state index in [9.17, 15) is 14.0 Å². The van der Waals surface area contributed by atoms with Crippen molar-refractivity contribution in [2.24, 2.45) is 0 Å². The minimum Gasteiger partial charge on any atom is -0.447 e. The van der Waals surface area contributed by atoms with Gasteiger partial charge < -0.3 is 15.0 Å². The van der Waals surface area contributed by atoms with Gasteiger partial charge in [0.2, 0.25) is 0 Å². The third kappa shape index (κ3) is 6.92. The first-order chi connectivity index (χ1) is 17.9. The molecule has 1 unspecified atom stereocenters. The van der Waals surface area contributed by atoms with Crippen molar-refractivity contribution in [1.29, 1.82) is 0 Å². The quantitative estimate of drug-likeness (QED) is 0.322. The van der Waals surface area contributed by atoms with Crippen LogP contribution >= 0.6 is 11.6 Å². The maximum absolute atomic E-state index is 13.7. The zero-order chi connectivity index (χ0) is 26.2. The Kier molecular flexibility index (Phi) is 8.48. The molecule has 2 heterocycles. The van der Waals surface area contributed by atoms with E-state index in [4.69, 9.17) is 16.3 Å². The molecule has 0 saturated heterocycles. The van der Waals surface area contributed by atoms with Crippen LogP contribution in [0.3, 0.4) is 0 Å². The Morgan fingerprint density at radius 1 is 1.05 bits per heavy atom. The van der Waals surface area contributed by atoms with Gasteiger partial charge in [-0.3, -0.25) is 10.3 Å². The van der Waals surface area contributed by atoms with E-state index < -0.39 is 24.0 Å². The fraction of sp³-hybridized carbons (Fsp3) is 0.185. The molecular weight excluding hydrogens is 497 g/mol.